The molecule has 0 bridgehead atoms. The van der Waals surface area contributed by atoms with Gasteiger partial charge in [0.1, 0.15) is 22.9 Å². The zero-order valence-electron chi connectivity index (χ0n) is 14.2. The summed E-state index contributed by atoms with van der Waals surface area (Å²) in [6.07, 6.45) is 0.101. The molecule has 1 amide bonds. The Balaban J connectivity index is 1.70. The summed E-state index contributed by atoms with van der Waals surface area (Å²) in [6.45, 7) is 0.325. The number of carbonyl (C=O) groups excluding carboxylic acids is 2. The highest BCUT2D eigenvalue weighted by Crippen LogP contribution is 2.31. The molecule has 0 spiro atoms. The molecule has 0 saturated carbocycles. The molecule has 0 aliphatic carbocycles. The molecule has 1 aliphatic rings. The second kappa shape index (κ2) is 6.75. The van der Waals surface area contributed by atoms with Crippen LogP contribution in [0.4, 0.5) is 4.39 Å². The van der Waals surface area contributed by atoms with E-state index in [0.29, 0.717) is 41.9 Å². The molecule has 1 saturated heterocycles. The molecule has 1 aromatic heterocycles. The van der Waals surface area contributed by atoms with Crippen LogP contribution in [0.2, 0.25) is 0 Å². The van der Waals surface area contributed by atoms with Crippen molar-refractivity contribution in [1.29, 1.82) is 0 Å². The molecule has 1 aliphatic heterocycles. The predicted molar refractivity (Wildman–Crippen MR) is 93.9 cm³/mol. The first-order valence-corrected chi connectivity index (χ1v) is 8.44. The van der Waals surface area contributed by atoms with E-state index in [1.54, 1.807) is 30.3 Å². The minimum atomic E-state index is -0.662. The topological polar surface area (TPSA) is 91.8 Å². The van der Waals surface area contributed by atoms with Gasteiger partial charge in [-0.25, -0.2) is 9.18 Å². The normalized spacial score (nSPS) is 16.5. The fraction of sp³-hybridized carbons (Fsp3) is 0.200. The number of fused-ring (bicyclic) bond motifs is 1. The summed E-state index contributed by atoms with van der Waals surface area (Å²) in [7, 11) is 0. The van der Waals surface area contributed by atoms with Crippen LogP contribution in [0.3, 0.4) is 0 Å². The van der Waals surface area contributed by atoms with Crippen LogP contribution in [0.5, 0.6) is 5.75 Å². The predicted octanol–water partition coefficient (Wildman–Crippen LogP) is 2.96. The Kier molecular flexibility index (Phi) is 4.27. The van der Waals surface area contributed by atoms with Crippen LogP contribution in [-0.2, 0) is 16.0 Å². The first kappa shape index (κ1) is 17.1. The van der Waals surface area contributed by atoms with E-state index >= 15 is 0 Å². The van der Waals surface area contributed by atoms with Gasteiger partial charge in [0.05, 0.1) is 12.2 Å². The van der Waals surface area contributed by atoms with E-state index in [-0.39, 0.29) is 11.4 Å². The molecule has 6 nitrogen and oxygen atoms in total. The number of halogens is 1. The Morgan fingerprint density at radius 1 is 1.22 bits per heavy atom. The van der Waals surface area contributed by atoms with Crippen molar-refractivity contribution >= 4 is 22.8 Å². The Hall–Kier alpha value is -3.35. The van der Waals surface area contributed by atoms with Crippen molar-refractivity contribution in [3.8, 4) is 5.75 Å². The van der Waals surface area contributed by atoms with Crippen molar-refractivity contribution in [3.05, 3.63) is 65.2 Å². The number of nitrogens with two attached hydrogens (primary N) is 1. The van der Waals surface area contributed by atoms with Gasteiger partial charge < -0.3 is 19.6 Å². The van der Waals surface area contributed by atoms with Gasteiger partial charge in [-0.05, 0) is 35.9 Å². The van der Waals surface area contributed by atoms with Crippen LogP contribution in [0.15, 0.2) is 46.9 Å². The lowest BCUT2D eigenvalue weighted by atomic mass is 10.0. The van der Waals surface area contributed by atoms with E-state index in [1.165, 1.54) is 12.1 Å². The van der Waals surface area contributed by atoms with Gasteiger partial charge in [0.15, 0.2) is 6.10 Å². The average molecular weight is 369 g/mol. The van der Waals surface area contributed by atoms with Crippen molar-refractivity contribution in [2.75, 3.05) is 6.61 Å². The lowest BCUT2D eigenvalue weighted by Gasteiger charge is -2.09. The maximum atomic E-state index is 13.1. The first-order valence-electron chi connectivity index (χ1n) is 8.44. The number of benzene rings is 2. The van der Waals surface area contributed by atoms with Gasteiger partial charge in [0.25, 0.3) is 5.91 Å². The lowest BCUT2D eigenvalue weighted by molar-refractivity contribution is -0.143. The minimum absolute atomic E-state index is 0.244. The van der Waals surface area contributed by atoms with E-state index < -0.39 is 18.0 Å². The number of primary amides is 1. The SMILES string of the molecule is NC(=O)c1c(Cc2ccc(F)cc2)oc2ccc(OC3CCOC3=O)cc12. The van der Waals surface area contributed by atoms with E-state index in [2.05, 4.69) is 0 Å². The van der Waals surface area contributed by atoms with Crippen LogP contribution in [0.25, 0.3) is 11.0 Å². The third-order valence-electron chi connectivity index (χ3n) is 4.42. The molecular weight excluding hydrogens is 353 g/mol. The van der Waals surface area contributed by atoms with Crippen molar-refractivity contribution < 1.29 is 27.9 Å². The minimum Gasteiger partial charge on any atom is -0.479 e. The fourth-order valence-corrected chi connectivity index (χ4v) is 3.13. The number of hydrogen-bond acceptors (Lipinski definition) is 5. The van der Waals surface area contributed by atoms with Gasteiger partial charge in [0.2, 0.25) is 0 Å². The Morgan fingerprint density at radius 2 is 2.00 bits per heavy atom. The molecule has 2 heterocycles. The summed E-state index contributed by atoms with van der Waals surface area (Å²) in [5.41, 5.74) is 7.06. The van der Waals surface area contributed by atoms with Crippen LogP contribution >= 0.6 is 0 Å². The van der Waals surface area contributed by atoms with Crippen LogP contribution < -0.4 is 10.5 Å². The number of amides is 1. The molecule has 138 valence electrons. The number of hydrogen-bond donors (Lipinski definition) is 1. The largest absolute Gasteiger partial charge is 0.479 e. The molecule has 2 N–H and O–H groups in total. The van der Waals surface area contributed by atoms with Gasteiger partial charge in [-0.3, -0.25) is 4.79 Å². The standard InChI is InChI=1S/C20H16FNO5/c21-12-3-1-11(2-4-12)9-17-18(19(22)23)14-10-13(5-6-15(14)27-17)26-16-7-8-25-20(16)24/h1-6,10,16H,7-9H2,(H2,22,23). The second-order valence-electron chi connectivity index (χ2n) is 6.29. The van der Waals surface area contributed by atoms with E-state index in [4.69, 9.17) is 19.6 Å². The molecule has 1 fully saturated rings. The second-order valence-corrected chi connectivity index (χ2v) is 6.29. The van der Waals surface area contributed by atoms with E-state index in [1.807, 2.05) is 0 Å². The van der Waals surface area contributed by atoms with Gasteiger partial charge in [-0.15, -0.1) is 0 Å². The molecule has 0 radical (unpaired) electrons. The summed E-state index contributed by atoms with van der Waals surface area (Å²) >= 11 is 0. The molecule has 1 unspecified atom stereocenters. The summed E-state index contributed by atoms with van der Waals surface area (Å²) in [5.74, 6) is -0.576. The number of cyclic esters (lactones) is 1. The van der Waals surface area contributed by atoms with Crippen LogP contribution in [-0.4, -0.2) is 24.6 Å². The highest BCUT2D eigenvalue weighted by atomic mass is 19.1. The van der Waals surface area contributed by atoms with Crippen molar-refractivity contribution in [1.82, 2.24) is 0 Å². The van der Waals surface area contributed by atoms with Gasteiger partial charge in [-0.2, -0.15) is 0 Å². The highest BCUT2D eigenvalue weighted by molar-refractivity contribution is 6.07. The molecule has 7 heteroatoms. The number of esters is 1. The smallest absolute Gasteiger partial charge is 0.347 e. The number of ether oxygens (including phenoxy) is 2. The van der Waals surface area contributed by atoms with Crippen molar-refractivity contribution in [2.45, 2.75) is 18.9 Å². The molecule has 4 rings (SSSR count). The third-order valence-corrected chi connectivity index (χ3v) is 4.42. The molecule has 3 aromatic rings. The summed E-state index contributed by atoms with van der Waals surface area (Å²) in [4.78, 5) is 23.6. The summed E-state index contributed by atoms with van der Waals surface area (Å²) in [6, 6.07) is 10.9. The zero-order valence-corrected chi connectivity index (χ0v) is 14.2. The van der Waals surface area contributed by atoms with Gasteiger partial charge in [0, 0.05) is 18.2 Å². The highest BCUT2D eigenvalue weighted by Gasteiger charge is 2.29. The quantitative estimate of drug-likeness (QED) is 0.698. The average Bonchev–Trinajstić information content (AvgIpc) is 3.20. The monoisotopic (exact) mass is 369 g/mol. The van der Waals surface area contributed by atoms with Gasteiger partial charge >= 0.3 is 5.97 Å². The summed E-state index contributed by atoms with van der Waals surface area (Å²) in [5, 5.41) is 0.503. The fourth-order valence-electron chi connectivity index (χ4n) is 3.13. The molecular formula is C20H16FNO5. The lowest BCUT2D eigenvalue weighted by Crippen LogP contribution is -2.21. The first-order chi connectivity index (χ1) is 13.0. The van der Waals surface area contributed by atoms with E-state index in [9.17, 15) is 14.0 Å². The Labute approximate surface area is 153 Å². The van der Waals surface area contributed by atoms with Gasteiger partial charge in [-0.1, -0.05) is 12.1 Å². The molecule has 27 heavy (non-hydrogen) atoms. The molecule has 2 aromatic carbocycles. The van der Waals surface area contributed by atoms with Crippen molar-refractivity contribution in [3.63, 3.8) is 0 Å². The number of furan rings is 1. The number of carbonyl (C=O) groups is 2. The molecule has 1 atom stereocenters. The maximum Gasteiger partial charge on any atom is 0.347 e. The Bertz CT molecular complexity index is 1020. The van der Waals surface area contributed by atoms with Crippen LogP contribution in [0, 0.1) is 5.82 Å². The van der Waals surface area contributed by atoms with Crippen LogP contribution in [0.1, 0.15) is 28.1 Å². The number of rotatable bonds is 5. The third kappa shape index (κ3) is 3.36. The maximum absolute atomic E-state index is 13.1. The van der Waals surface area contributed by atoms with E-state index in [0.717, 1.165) is 5.56 Å². The summed E-state index contributed by atoms with van der Waals surface area (Å²) < 4.78 is 29.4. The zero-order chi connectivity index (χ0) is 19.0. The Morgan fingerprint density at radius 3 is 2.67 bits per heavy atom. The van der Waals surface area contributed by atoms with Crippen molar-refractivity contribution in [2.24, 2.45) is 5.73 Å².